The van der Waals surface area contributed by atoms with Crippen LogP contribution in [0.5, 0.6) is 0 Å². The summed E-state index contributed by atoms with van der Waals surface area (Å²) >= 11 is 0. The van der Waals surface area contributed by atoms with Gasteiger partial charge in [0.25, 0.3) is 0 Å². The predicted octanol–water partition coefficient (Wildman–Crippen LogP) is 2.65. The quantitative estimate of drug-likeness (QED) is 0.643. The average molecular weight is 371 g/mol. The summed E-state index contributed by atoms with van der Waals surface area (Å²) in [5.74, 6) is 0. The fourth-order valence-electron chi connectivity index (χ4n) is 3.91. The van der Waals surface area contributed by atoms with Gasteiger partial charge in [-0.15, -0.1) is 0 Å². The second kappa shape index (κ2) is 6.41. The number of aromatic nitrogens is 2. The summed E-state index contributed by atoms with van der Waals surface area (Å²) in [4.78, 5) is 16.7. The maximum Gasteiger partial charge on any atom is 0.323 e. The maximum absolute atomic E-state index is 12.8. The van der Waals surface area contributed by atoms with E-state index >= 15 is 0 Å². The fraction of sp³-hybridized carbons (Fsp3) is 0.316. The van der Waals surface area contributed by atoms with Gasteiger partial charge in [0.05, 0.1) is 15.9 Å². The first-order valence-corrected chi connectivity index (χ1v) is 10.2. The van der Waals surface area contributed by atoms with Gasteiger partial charge < -0.3 is 9.97 Å². The van der Waals surface area contributed by atoms with E-state index < -0.39 is 10.0 Å². The zero-order valence-corrected chi connectivity index (χ0v) is 15.1. The van der Waals surface area contributed by atoms with E-state index in [-0.39, 0.29) is 16.0 Å². The standard InChI is InChI=1S/C19H21N3O3S/c23-18-21-16-9-8-15(12-17(16)22-18)26(24,25)20-13-19(10-4-5-11-19)14-6-2-1-3-7-14/h1-3,6-9,12,20H,4-5,10-11,13H2,(H2,21,22,23). The van der Waals surface area contributed by atoms with E-state index in [0.29, 0.717) is 17.6 Å². The van der Waals surface area contributed by atoms with Crippen LogP contribution in [0.15, 0.2) is 58.2 Å². The molecule has 1 heterocycles. The second-order valence-corrected chi connectivity index (χ2v) is 8.73. The summed E-state index contributed by atoms with van der Waals surface area (Å²) in [6, 6.07) is 14.7. The lowest BCUT2D eigenvalue weighted by molar-refractivity contribution is 0.432. The van der Waals surface area contributed by atoms with Crippen LogP contribution in [-0.2, 0) is 15.4 Å². The molecule has 7 heteroatoms. The molecular weight excluding hydrogens is 350 g/mol. The third-order valence-corrected chi connectivity index (χ3v) is 6.74. The van der Waals surface area contributed by atoms with Crippen molar-refractivity contribution in [2.24, 2.45) is 0 Å². The van der Waals surface area contributed by atoms with Gasteiger partial charge in [-0.3, -0.25) is 0 Å². The van der Waals surface area contributed by atoms with E-state index in [0.717, 1.165) is 25.7 Å². The Hall–Kier alpha value is -2.38. The van der Waals surface area contributed by atoms with E-state index in [1.54, 1.807) is 6.07 Å². The smallest absolute Gasteiger partial charge is 0.306 e. The van der Waals surface area contributed by atoms with Crippen LogP contribution in [0.25, 0.3) is 11.0 Å². The molecule has 0 saturated heterocycles. The molecule has 26 heavy (non-hydrogen) atoms. The minimum atomic E-state index is -3.66. The lowest BCUT2D eigenvalue weighted by Crippen LogP contribution is -2.39. The summed E-state index contributed by atoms with van der Waals surface area (Å²) < 4.78 is 28.4. The Labute approximate surface area is 151 Å². The van der Waals surface area contributed by atoms with Gasteiger partial charge >= 0.3 is 5.69 Å². The van der Waals surface area contributed by atoms with E-state index in [2.05, 4.69) is 26.8 Å². The first kappa shape index (κ1) is 17.1. The first-order valence-electron chi connectivity index (χ1n) is 8.76. The Morgan fingerprint density at radius 3 is 2.38 bits per heavy atom. The normalized spacial score (nSPS) is 16.9. The minimum Gasteiger partial charge on any atom is -0.306 e. The van der Waals surface area contributed by atoms with Crippen LogP contribution in [0, 0.1) is 0 Å². The summed E-state index contributed by atoms with van der Waals surface area (Å²) in [7, 11) is -3.66. The van der Waals surface area contributed by atoms with Crippen molar-refractivity contribution in [3.8, 4) is 0 Å². The van der Waals surface area contributed by atoms with Crippen LogP contribution in [0.3, 0.4) is 0 Å². The van der Waals surface area contributed by atoms with Crippen molar-refractivity contribution in [2.75, 3.05) is 6.54 Å². The molecule has 0 radical (unpaired) electrons. The fourth-order valence-corrected chi connectivity index (χ4v) is 5.06. The second-order valence-electron chi connectivity index (χ2n) is 6.96. The van der Waals surface area contributed by atoms with Gasteiger partial charge in [0, 0.05) is 12.0 Å². The summed E-state index contributed by atoms with van der Waals surface area (Å²) in [5, 5.41) is 0. The molecule has 136 valence electrons. The molecule has 2 aromatic carbocycles. The number of aromatic amines is 2. The molecule has 3 aromatic rings. The molecule has 6 nitrogen and oxygen atoms in total. The Bertz CT molecular complexity index is 1080. The third kappa shape index (κ3) is 3.08. The van der Waals surface area contributed by atoms with E-state index in [4.69, 9.17) is 0 Å². The Balaban J connectivity index is 1.61. The van der Waals surface area contributed by atoms with Crippen LogP contribution in [-0.4, -0.2) is 24.9 Å². The van der Waals surface area contributed by atoms with Crippen LogP contribution >= 0.6 is 0 Å². The molecule has 0 aliphatic heterocycles. The summed E-state index contributed by atoms with van der Waals surface area (Å²) in [6.45, 7) is 0.376. The number of fused-ring (bicyclic) bond motifs is 1. The van der Waals surface area contributed by atoms with Crippen molar-refractivity contribution in [3.63, 3.8) is 0 Å². The highest BCUT2D eigenvalue weighted by Crippen LogP contribution is 2.40. The highest BCUT2D eigenvalue weighted by Gasteiger charge is 2.36. The van der Waals surface area contributed by atoms with Gasteiger partial charge in [-0.25, -0.2) is 17.9 Å². The molecular formula is C19H21N3O3S. The topological polar surface area (TPSA) is 94.8 Å². The van der Waals surface area contributed by atoms with Gasteiger partial charge in [-0.05, 0) is 36.6 Å². The largest absolute Gasteiger partial charge is 0.323 e. The molecule has 3 N–H and O–H groups in total. The van der Waals surface area contributed by atoms with Crippen molar-refractivity contribution in [2.45, 2.75) is 36.0 Å². The first-order chi connectivity index (χ1) is 12.5. The number of benzene rings is 2. The molecule has 0 bridgehead atoms. The predicted molar refractivity (Wildman–Crippen MR) is 101 cm³/mol. The van der Waals surface area contributed by atoms with Gasteiger partial charge in [0.2, 0.25) is 10.0 Å². The number of hydrogen-bond acceptors (Lipinski definition) is 3. The molecule has 1 aromatic heterocycles. The molecule has 0 spiro atoms. The zero-order chi connectivity index (χ0) is 18.2. The van der Waals surface area contributed by atoms with Crippen molar-refractivity contribution in [1.82, 2.24) is 14.7 Å². The van der Waals surface area contributed by atoms with Crippen molar-refractivity contribution in [3.05, 3.63) is 64.6 Å². The van der Waals surface area contributed by atoms with Crippen LogP contribution in [0.2, 0.25) is 0 Å². The van der Waals surface area contributed by atoms with Crippen molar-refractivity contribution >= 4 is 21.1 Å². The Kier molecular flexibility index (Phi) is 4.20. The Morgan fingerprint density at radius 1 is 0.962 bits per heavy atom. The van der Waals surface area contributed by atoms with Gasteiger partial charge in [0.15, 0.2) is 0 Å². The number of nitrogens with one attached hydrogen (secondary N) is 3. The van der Waals surface area contributed by atoms with Crippen molar-refractivity contribution in [1.29, 1.82) is 0 Å². The molecule has 0 unspecified atom stereocenters. The minimum absolute atomic E-state index is 0.152. The highest BCUT2D eigenvalue weighted by molar-refractivity contribution is 7.89. The molecule has 1 fully saturated rings. The third-order valence-electron chi connectivity index (χ3n) is 5.35. The lowest BCUT2D eigenvalue weighted by Gasteiger charge is -2.30. The van der Waals surface area contributed by atoms with Crippen molar-refractivity contribution < 1.29 is 8.42 Å². The molecule has 1 aliphatic carbocycles. The number of hydrogen-bond donors (Lipinski definition) is 3. The van der Waals surface area contributed by atoms with Crippen LogP contribution in [0.1, 0.15) is 31.2 Å². The van der Waals surface area contributed by atoms with E-state index in [1.165, 1.54) is 17.7 Å². The molecule has 0 amide bonds. The van der Waals surface area contributed by atoms with E-state index in [9.17, 15) is 13.2 Å². The van der Waals surface area contributed by atoms with Gasteiger partial charge in [-0.2, -0.15) is 0 Å². The number of imidazole rings is 1. The van der Waals surface area contributed by atoms with E-state index in [1.807, 2.05) is 18.2 Å². The zero-order valence-electron chi connectivity index (χ0n) is 14.3. The molecule has 1 saturated carbocycles. The van der Waals surface area contributed by atoms with Crippen LogP contribution in [0.4, 0.5) is 0 Å². The molecule has 1 aliphatic rings. The van der Waals surface area contributed by atoms with Gasteiger partial charge in [-0.1, -0.05) is 43.2 Å². The summed E-state index contributed by atoms with van der Waals surface area (Å²) in [5.41, 5.74) is 1.75. The molecule has 0 atom stereocenters. The molecule has 4 rings (SSSR count). The van der Waals surface area contributed by atoms with Gasteiger partial charge in [0.1, 0.15) is 0 Å². The summed E-state index contributed by atoms with van der Waals surface area (Å²) in [6.07, 6.45) is 4.16. The Morgan fingerprint density at radius 2 is 1.65 bits per heavy atom. The number of H-pyrrole nitrogens is 2. The average Bonchev–Trinajstić information content (AvgIpc) is 3.26. The highest BCUT2D eigenvalue weighted by atomic mass is 32.2. The number of rotatable bonds is 5. The SMILES string of the molecule is O=c1[nH]c2ccc(S(=O)(=O)NCC3(c4ccccc4)CCCC3)cc2[nH]1. The maximum atomic E-state index is 12.8. The monoisotopic (exact) mass is 371 g/mol. The number of sulfonamides is 1. The van der Waals surface area contributed by atoms with Crippen LogP contribution < -0.4 is 10.4 Å². The lowest BCUT2D eigenvalue weighted by atomic mass is 9.79.